The fourth-order valence-corrected chi connectivity index (χ4v) is 3.57. The monoisotopic (exact) mass is 161 g/mol. The van der Waals surface area contributed by atoms with Crippen molar-refractivity contribution in [3.8, 4) is 0 Å². The minimum atomic E-state index is -0.502. The molecule has 62 valence electrons. The standard InChI is InChI=1S/C9H22P/c1-6-7-9(2)8-10(3,4)5/h9H,6-8H2,1-5H3/q+1. The summed E-state index contributed by atoms with van der Waals surface area (Å²) in [7, 11) is -0.502. The Hall–Kier alpha value is 0.430. The third-order valence-electron chi connectivity index (χ3n) is 1.64. The first-order valence-corrected chi connectivity index (χ1v) is 7.57. The molecule has 0 aromatic heterocycles. The van der Waals surface area contributed by atoms with Crippen LogP contribution in [0.3, 0.4) is 0 Å². The van der Waals surface area contributed by atoms with Crippen LogP contribution >= 0.6 is 7.26 Å². The second-order valence-corrected chi connectivity index (χ2v) is 9.31. The van der Waals surface area contributed by atoms with Crippen LogP contribution in [0.2, 0.25) is 0 Å². The molecule has 0 aliphatic heterocycles. The molecule has 1 unspecified atom stereocenters. The smallest absolute Gasteiger partial charge is 0.0611 e. The molecule has 0 saturated carbocycles. The number of hydrogen-bond donors (Lipinski definition) is 0. The molecule has 0 saturated heterocycles. The molecule has 0 fully saturated rings. The van der Waals surface area contributed by atoms with Crippen LogP contribution in [-0.4, -0.2) is 26.2 Å². The van der Waals surface area contributed by atoms with E-state index >= 15 is 0 Å². The van der Waals surface area contributed by atoms with Crippen LogP contribution in [0.5, 0.6) is 0 Å². The predicted molar refractivity (Wildman–Crippen MR) is 53.6 cm³/mol. The molecular weight excluding hydrogens is 139 g/mol. The van der Waals surface area contributed by atoms with Gasteiger partial charge in [-0.25, -0.2) is 0 Å². The first-order chi connectivity index (χ1) is 4.45. The molecule has 1 atom stereocenters. The molecule has 0 rings (SSSR count). The molecule has 0 aliphatic carbocycles. The minimum absolute atomic E-state index is 0.502. The second-order valence-electron chi connectivity index (χ2n) is 4.37. The Morgan fingerprint density at radius 1 is 1.20 bits per heavy atom. The molecule has 0 aromatic rings. The highest BCUT2D eigenvalue weighted by molar-refractivity contribution is 7.73. The Labute approximate surface area is 66.7 Å². The topological polar surface area (TPSA) is 0 Å². The maximum atomic E-state index is 2.43. The SMILES string of the molecule is CCCC(C)C[P+](C)(C)C. The Balaban J connectivity index is 3.47. The molecule has 0 spiro atoms. The summed E-state index contributed by atoms with van der Waals surface area (Å²) in [6, 6.07) is 0. The van der Waals surface area contributed by atoms with Crippen molar-refractivity contribution in [1.82, 2.24) is 0 Å². The van der Waals surface area contributed by atoms with Crippen LogP contribution in [0.15, 0.2) is 0 Å². The van der Waals surface area contributed by atoms with Gasteiger partial charge in [-0.2, -0.15) is 0 Å². The van der Waals surface area contributed by atoms with Gasteiger partial charge in [-0.3, -0.25) is 0 Å². The molecule has 0 aliphatic rings. The summed E-state index contributed by atoms with van der Waals surface area (Å²) in [5.74, 6) is 0.957. The van der Waals surface area contributed by atoms with Crippen LogP contribution in [0, 0.1) is 5.92 Å². The molecule has 0 nitrogen and oxygen atoms in total. The highest BCUT2D eigenvalue weighted by atomic mass is 31.2. The molecule has 0 radical (unpaired) electrons. The van der Waals surface area contributed by atoms with E-state index in [0.717, 1.165) is 5.92 Å². The van der Waals surface area contributed by atoms with Crippen molar-refractivity contribution in [3.05, 3.63) is 0 Å². The Morgan fingerprint density at radius 2 is 1.70 bits per heavy atom. The summed E-state index contributed by atoms with van der Waals surface area (Å²) in [5.41, 5.74) is 0. The lowest BCUT2D eigenvalue weighted by Crippen LogP contribution is -2.04. The van der Waals surface area contributed by atoms with Gasteiger partial charge in [0, 0.05) is 27.3 Å². The van der Waals surface area contributed by atoms with E-state index < -0.39 is 7.26 Å². The third-order valence-corrected chi connectivity index (χ3v) is 3.36. The maximum absolute atomic E-state index is 2.43. The highest BCUT2D eigenvalue weighted by Crippen LogP contribution is 2.48. The normalized spacial score (nSPS) is 15.3. The molecule has 1 heteroatoms. The summed E-state index contributed by atoms with van der Waals surface area (Å²) in [5, 5.41) is 0. The number of hydrogen-bond acceptors (Lipinski definition) is 0. The number of rotatable bonds is 4. The summed E-state index contributed by atoms with van der Waals surface area (Å²) in [6.07, 6.45) is 4.24. The Kier molecular flexibility index (Phi) is 4.52. The Bertz CT molecular complexity index is 81.2. The van der Waals surface area contributed by atoms with Crippen LogP contribution in [0.4, 0.5) is 0 Å². The van der Waals surface area contributed by atoms with E-state index in [1.807, 2.05) is 0 Å². The fraction of sp³-hybridized carbons (Fsp3) is 1.00. The molecule has 10 heavy (non-hydrogen) atoms. The van der Waals surface area contributed by atoms with Gasteiger partial charge < -0.3 is 0 Å². The van der Waals surface area contributed by atoms with E-state index in [9.17, 15) is 0 Å². The van der Waals surface area contributed by atoms with Crippen molar-refractivity contribution in [3.63, 3.8) is 0 Å². The first kappa shape index (κ1) is 10.4. The molecule has 0 amide bonds. The second kappa shape index (κ2) is 4.34. The average Bonchev–Trinajstić information content (AvgIpc) is 1.59. The summed E-state index contributed by atoms with van der Waals surface area (Å²) in [4.78, 5) is 0. The molecule has 0 bridgehead atoms. The maximum Gasteiger partial charge on any atom is 0.0611 e. The zero-order valence-electron chi connectivity index (χ0n) is 8.15. The van der Waals surface area contributed by atoms with Crippen LogP contribution < -0.4 is 0 Å². The quantitative estimate of drug-likeness (QED) is 0.555. The van der Waals surface area contributed by atoms with Crippen LogP contribution in [0.25, 0.3) is 0 Å². The van der Waals surface area contributed by atoms with Crippen molar-refractivity contribution in [1.29, 1.82) is 0 Å². The van der Waals surface area contributed by atoms with Gasteiger partial charge in [-0.05, 0) is 12.3 Å². The van der Waals surface area contributed by atoms with E-state index in [1.54, 1.807) is 0 Å². The van der Waals surface area contributed by atoms with Gasteiger partial charge in [-0.1, -0.05) is 20.3 Å². The lowest BCUT2D eigenvalue weighted by molar-refractivity contribution is 0.581. The Morgan fingerprint density at radius 3 is 2.00 bits per heavy atom. The zero-order valence-corrected chi connectivity index (χ0v) is 9.04. The van der Waals surface area contributed by atoms with E-state index in [-0.39, 0.29) is 0 Å². The third kappa shape index (κ3) is 6.55. The van der Waals surface area contributed by atoms with Gasteiger partial charge in [0.1, 0.15) is 0 Å². The fourth-order valence-electron chi connectivity index (χ4n) is 1.52. The van der Waals surface area contributed by atoms with Crippen molar-refractivity contribution in [2.75, 3.05) is 26.2 Å². The molecular formula is C9H22P+. The summed E-state index contributed by atoms with van der Waals surface area (Å²) >= 11 is 0. The molecule has 0 aromatic carbocycles. The van der Waals surface area contributed by atoms with Gasteiger partial charge >= 0.3 is 0 Å². The highest BCUT2D eigenvalue weighted by Gasteiger charge is 2.20. The van der Waals surface area contributed by atoms with Crippen molar-refractivity contribution in [2.24, 2.45) is 5.92 Å². The van der Waals surface area contributed by atoms with Gasteiger partial charge in [0.2, 0.25) is 0 Å². The van der Waals surface area contributed by atoms with E-state index in [0.29, 0.717) is 0 Å². The average molecular weight is 161 g/mol. The van der Waals surface area contributed by atoms with E-state index in [4.69, 9.17) is 0 Å². The van der Waals surface area contributed by atoms with Crippen molar-refractivity contribution >= 4 is 7.26 Å². The van der Waals surface area contributed by atoms with Gasteiger partial charge in [0.05, 0.1) is 6.16 Å². The lowest BCUT2D eigenvalue weighted by Gasteiger charge is -2.16. The zero-order chi connectivity index (χ0) is 8.20. The molecule has 0 N–H and O–H groups in total. The minimum Gasteiger partial charge on any atom is -0.0654 e. The summed E-state index contributed by atoms with van der Waals surface area (Å²) < 4.78 is 0. The van der Waals surface area contributed by atoms with Crippen LogP contribution in [-0.2, 0) is 0 Å². The summed E-state index contributed by atoms with van der Waals surface area (Å²) in [6.45, 7) is 11.9. The van der Waals surface area contributed by atoms with E-state index in [1.165, 1.54) is 19.0 Å². The van der Waals surface area contributed by atoms with Gasteiger partial charge in [-0.15, -0.1) is 0 Å². The predicted octanol–water partition coefficient (Wildman–Crippen LogP) is 3.33. The lowest BCUT2D eigenvalue weighted by atomic mass is 10.1. The van der Waals surface area contributed by atoms with Crippen LogP contribution in [0.1, 0.15) is 26.7 Å². The van der Waals surface area contributed by atoms with Gasteiger partial charge in [0.25, 0.3) is 0 Å². The molecule has 0 heterocycles. The largest absolute Gasteiger partial charge is 0.0654 e. The van der Waals surface area contributed by atoms with E-state index in [2.05, 4.69) is 33.8 Å². The first-order valence-electron chi connectivity index (χ1n) is 4.26. The van der Waals surface area contributed by atoms with Crippen molar-refractivity contribution < 1.29 is 0 Å². The van der Waals surface area contributed by atoms with Gasteiger partial charge in [0.15, 0.2) is 0 Å². The van der Waals surface area contributed by atoms with Crippen molar-refractivity contribution in [2.45, 2.75) is 26.7 Å².